The highest BCUT2D eigenvalue weighted by atomic mass is 19.2. The van der Waals surface area contributed by atoms with Crippen molar-refractivity contribution in [2.24, 2.45) is 0 Å². The minimum Gasteiger partial charge on any atom is -0.496 e. The summed E-state index contributed by atoms with van der Waals surface area (Å²) in [5, 5.41) is 0. The molecule has 0 spiro atoms. The molecular formula is C12H7F4NO. The molecule has 0 N–H and O–H groups in total. The Hall–Kier alpha value is -2.11. The fourth-order valence-electron chi connectivity index (χ4n) is 1.57. The predicted octanol–water partition coefficient (Wildman–Crippen LogP) is 3.31. The monoisotopic (exact) mass is 257 g/mol. The summed E-state index contributed by atoms with van der Waals surface area (Å²) in [5.41, 5.74) is -0.923. The van der Waals surface area contributed by atoms with Crippen molar-refractivity contribution in [1.29, 1.82) is 0 Å². The van der Waals surface area contributed by atoms with E-state index >= 15 is 0 Å². The molecule has 1 heterocycles. The molecule has 0 aliphatic carbocycles. The Labute approximate surface area is 99.8 Å². The Kier molecular flexibility index (Phi) is 3.18. The molecule has 2 aromatic rings. The third-order valence-corrected chi connectivity index (χ3v) is 2.37. The number of halogens is 4. The number of nitrogens with zero attached hydrogens (tertiary/aromatic N) is 1. The smallest absolute Gasteiger partial charge is 0.252 e. The number of hydrogen-bond donors (Lipinski definition) is 0. The topological polar surface area (TPSA) is 22.1 Å². The Balaban J connectivity index is 2.78. The normalized spacial score (nSPS) is 10.5. The van der Waals surface area contributed by atoms with Crippen molar-refractivity contribution in [3.8, 4) is 16.9 Å². The van der Waals surface area contributed by atoms with Crippen LogP contribution < -0.4 is 4.74 Å². The van der Waals surface area contributed by atoms with Crippen LogP contribution in [0.5, 0.6) is 5.75 Å². The van der Waals surface area contributed by atoms with Gasteiger partial charge < -0.3 is 4.74 Å². The van der Waals surface area contributed by atoms with E-state index in [-0.39, 0.29) is 11.3 Å². The van der Waals surface area contributed by atoms with Crippen LogP contribution in [0.15, 0.2) is 24.3 Å². The van der Waals surface area contributed by atoms with Crippen LogP contribution in [0.25, 0.3) is 11.1 Å². The zero-order valence-corrected chi connectivity index (χ0v) is 9.18. The summed E-state index contributed by atoms with van der Waals surface area (Å²) in [6.07, 6.45) is 0. The van der Waals surface area contributed by atoms with Crippen molar-refractivity contribution in [3.05, 3.63) is 47.8 Å². The summed E-state index contributed by atoms with van der Waals surface area (Å²) >= 11 is 0. The molecule has 0 aliphatic rings. The maximum atomic E-state index is 13.5. The van der Waals surface area contributed by atoms with Crippen LogP contribution >= 0.6 is 0 Å². The number of para-hydroxylation sites is 1. The first kappa shape index (κ1) is 12.3. The molecule has 0 radical (unpaired) electrons. The number of methoxy groups -OCH3 is 1. The van der Waals surface area contributed by atoms with Gasteiger partial charge in [0.05, 0.1) is 12.7 Å². The molecule has 0 fully saturated rings. The molecule has 0 unspecified atom stereocenters. The summed E-state index contributed by atoms with van der Waals surface area (Å²) in [6.45, 7) is 0. The minimum atomic E-state index is -1.70. The number of aromatic nitrogens is 1. The van der Waals surface area contributed by atoms with Crippen LogP contribution in [0.3, 0.4) is 0 Å². The van der Waals surface area contributed by atoms with Crippen molar-refractivity contribution in [1.82, 2.24) is 4.98 Å². The molecule has 6 heteroatoms. The number of hydrogen-bond acceptors (Lipinski definition) is 2. The summed E-state index contributed by atoms with van der Waals surface area (Å²) < 4.78 is 58.0. The molecule has 0 atom stereocenters. The van der Waals surface area contributed by atoms with E-state index in [1.807, 2.05) is 0 Å². The number of ether oxygens (including phenoxy) is 1. The highest BCUT2D eigenvalue weighted by Crippen LogP contribution is 2.34. The standard InChI is InChI=1S/C12H7F4NO/c1-18-7-5-3-2-4-6(7)8-9(13)11(15)17-12(16)10(8)14/h2-5H,1H3. The lowest BCUT2D eigenvalue weighted by atomic mass is 10.0. The quantitative estimate of drug-likeness (QED) is 0.608. The number of pyridine rings is 1. The number of rotatable bonds is 2. The first-order valence-electron chi connectivity index (χ1n) is 4.89. The molecule has 18 heavy (non-hydrogen) atoms. The van der Waals surface area contributed by atoms with Gasteiger partial charge in [0, 0.05) is 5.56 Å². The zero-order chi connectivity index (χ0) is 13.3. The first-order valence-corrected chi connectivity index (χ1v) is 4.89. The summed E-state index contributed by atoms with van der Waals surface area (Å²) in [6, 6.07) is 5.74. The van der Waals surface area contributed by atoms with E-state index in [9.17, 15) is 17.6 Å². The predicted molar refractivity (Wildman–Crippen MR) is 56.1 cm³/mol. The van der Waals surface area contributed by atoms with Gasteiger partial charge >= 0.3 is 0 Å². The van der Waals surface area contributed by atoms with Crippen molar-refractivity contribution in [3.63, 3.8) is 0 Å². The third kappa shape index (κ3) is 1.90. The summed E-state index contributed by atoms with van der Waals surface area (Å²) in [4.78, 5) is 2.49. The Morgan fingerprint density at radius 1 is 0.944 bits per heavy atom. The lowest BCUT2D eigenvalue weighted by Gasteiger charge is -2.10. The molecule has 0 aliphatic heterocycles. The SMILES string of the molecule is COc1ccccc1-c1c(F)c(F)nc(F)c1F. The molecule has 1 aromatic heterocycles. The van der Waals surface area contributed by atoms with Gasteiger partial charge in [-0.3, -0.25) is 0 Å². The van der Waals surface area contributed by atoms with E-state index in [1.165, 1.54) is 25.3 Å². The second-order valence-corrected chi connectivity index (χ2v) is 3.40. The Morgan fingerprint density at radius 2 is 1.50 bits per heavy atom. The highest BCUT2D eigenvalue weighted by molar-refractivity contribution is 5.71. The van der Waals surface area contributed by atoms with Crippen LogP contribution in [0.2, 0.25) is 0 Å². The Bertz CT molecular complexity index is 575. The van der Waals surface area contributed by atoms with Crippen LogP contribution in [0.1, 0.15) is 0 Å². The third-order valence-electron chi connectivity index (χ3n) is 2.37. The molecular weight excluding hydrogens is 250 g/mol. The van der Waals surface area contributed by atoms with Crippen molar-refractivity contribution < 1.29 is 22.3 Å². The highest BCUT2D eigenvalue weighted by Gasteiger charge is 2.23. The minimum absolute atomic E-state index is 0.0878. The lowest BCUT2D eigenvalue weighted by Crippen LogP contribution is -2.03. The maximum absolute atomic E-state index is 13.5. The van der Waals surface area contributed by atoms with Gasteiger partial charge in [0.15, 0.2) is 11.6 Å². The van der Waals surface area contributed by atoms with E-state index in [2.05, 4.69) is 4.98 Å². The Morgan fingerprint density at radius 3 is 2.06 bits per heavy atom. The van der Waals surface area contributed by atoms with Gasteiger partial charge in [-0.15, -0.1) is 0 Å². The molecule has 1 aromatic carbocycles. The molecule has 94 valence electrons. The van der Waals surface area contributed by atoms with Gasteiger partial charge in [-0.05, 0) is 6.07 Å². The zero-order valence-electron chi connectivity index (χ0n) is 9.18. The first-order chi connectivity index (χ1) is 8.56. The average molecular weight is 257 g/mol. The largest absolute Gasteiger partial charge is 0.496 e. The van der Waals surface area contributed by atoms with Gasteiger partial charge in [-0.25, -0.2) is 8.78 Å². The summed E-state index contributed by atoms with van der Waals surface area (Å²) in [5.74, 6) is -6.42. The van der Waals surface area contributed by atoms with Crippen LogP contribution in [-0.2, 0) is 0 Å². The summed E-state index contributed by atoms with van der Waals surface area (Å²) in [7, 11) is 1.28. The molecule has 0 bridgehead atoms. The molecule has 0 saturated heterocycles. The van der Waals surface area contributed by atoms with E-state index in [4.69, 9.17) is 4.74 Å². The fourth-order valence-corrected chi connectivity index (χ4v) is 1.57. The molecule has 2 nitrogen and oxygen atoms in total. The molecule has 0 amide bonds. The van der Waals surface area contributed by atoms with Crippen LogP contribution in [-0.4, -0.2) is 12.1 Å². The van der Waals surface area contributed by atoms with Gasteiger partial charge in [0.25, 0.3) is 11.9 Å². The van der Waals surface area contributed by atoms with E-state index in [1.54, 1.807) is 6.07 Å². The van der Waals surface area contributed by atoms with Crippen LogP contribution in [0.4, 0.5) is 17.6 Å². The molecule has 2 rings (SSSR count). The lowest BCUT2D eigenvalue weighted by molar-refractivity contribution is 0.404. The van der Waals surface area contributed by atoms with Crippen molar-refractivity contribution in [2.45, 2.75) is 0 Å². The molecule has 0 saturated carbocycles. The van der Waals surface area contributed by atoms with Gasteiger partial charge in [-0.1, -0.05) is 18.2 Å². The van der Waals surface area contributed by atoms with E-state index < -0.39 is 29.1 Å². The van der Waals surface area contributed by atoms with Crippen molar-refractivity contribution >= 4 is 0 Å². The fraction of sp³-hybridized carbons (Fsp3) is 0.0833. The van der Waals surface area contributed by atoms with Crippen molar-refractivity contribution in [2.75, 3.05) is 7.11 Å². The van der Waals surface area contributed by atoms with Gasteiger partial charge in [-0.2, -0.15) is 13.8 Å². The number of benzene rings is 1. The van der Waals surface area contributed by atoms with Gasteiger partial charge in [0.2, 0.25) is 0 Å². The van der Waals surface area contributed by atoms with E-state index in [0.717, 1.165) is 0 Å². The maximum Gasteiger partial charge on any atom is 0.252 e. The second-order valence-electron chi connectivity index (χ2n) is 3.40. The van der Waals surface area contributed by atoms with Gasteiger partial charge in [0.1, 0.15) is 5.75 Å². The average Bonchev–Trinajstić information content (AvgIpc) is 2.37. The second kappa shape index (κ2) is 4.64. The van der Waals surface area contributed by atoms with Crippen LogP contribution in [0, 0.1) is 23.5 Å². The van der Waals surface area contributed by atoms with E-state index in [0.29, 0.717) is 0 Å².